The molecule has 3 heterocycles. The first-order valence-corrected chi connectivity index (χ1v) is 9.82. The zero-order valence-corrected chi connectivity index (χ0v) is 17.2. The predicted octanol–water partition coefficient (Wildman–Crippen LogP) is 3.92. The molecule has 1 saturated heterocycles. The number of rotatable bonds is 3. The molecular weight excluding hydrogens is 432 g/mol. The van der Waals surface area contributed by atoms with Crippen molar-refractivity contribution in [3.63, 3.8) is 0 Å². The molecule has 0 bridgehead atoms. The molecule has 32 heavy (non-hydrogen) atoms. The van der Waals surface area contributed by atoms with Gasteiger partial charge in [-0.15, -0.1) is 0 Å². The van der Waals surface area contributed by atoms with Gasteiger partial charge in [-0.1, -0.05) is 6.07 Å². The van der Waals surface area contributed by atoms with E-state index in [4.69, 9.17) is 9.47 Å². The summed E-state index contributed by atoms with van der Waals surface area (Å²) in [4.78, 5) is 15.7. The number of methoxy groups -OCH3 is 1. The van der Waals surface area contributed by atoms with E-state index < -0.39 is 41.3 Å². The van der Waals surface area contributed by atoms with Crippen molar-refractivity contribution in [3.8, 4) is 5.75 Å². The monoisotopic (exact) mass is 452 g/mol. The van der Waals surface area contributed by atoms with Crippen LogP contribution in [0.15, 0.2) is 47.5 Å². The molecule has 0 unspecified atom stereocenters. The first-order chi connectivity index (χ1) is 15.0. The highest BCUT2D eigenvalue weighted by molar-refractivity contribution is 5.76. The van der Waals surface area contributed by atoms with Gasteiger partial charge in [-0.05, 0) is 25.0 Å². The number of halogens is 4. The Kier molecular flexibility index (Phi) is 5.36. The standard InChI is InChI=1S/C22H20F4N2O4/c1-21(22(24,25)26)9-14(13-4-3-12(23)7-20(13)31-2)16(11-32-21)18-8-19(29)15-10-28(30)6-5-17(15)27-18/h3-8,10,14,16H,9,11H2,1-2H3,(H,27,29)/t14-,16+,21+/m0/s1. The number of benzene rings is 1. The molecule has 1 aliphatic rings. The quantitative estimate of drug-likeness (QED) is 0.371. The predicted molar refractivity (Wildman–Crippen MR) is 107 cm³/mol. The molecule has 0 amide bonds. The number of aromatic nitrogens is 2. The van der Waals surface area contributed by atoms with Crippen molar-refractivity contribution in [1.82, 2.24) is 4.98 Å². The zero-order chi connectivity index (χ0) is 23.3. The van der Waals surface area contributed by atoms with Crippen LogP contribution in [0.2, 0.25) is 0 Å². The summed E-state index contributed by atoms with van der Waals surface area (Å²) >= 11 is 0. The largest absolute Gasteiger partial charge is 0.619 e. The SMILES string of the molecule is COc1cc(F)ccc1[C@@H]1C[C@](C)(C(F)(F)F)OC[C@H]1c1cc(=O)c2c[n+]([O-])ccc2[nH]1. The van der Waals surface area contributed by atoms with Gasteiger partial charge in [0.1, 0.15) is 17.0 Å². The maximum atomic E-state index is 13.8. The van der Waals surface area contributed by atoms with Crippen LogP contribution in [-0.2, 0) is 4.74 Å². The Labute approximate surface area is 180 Å². The minimum atomic E-state index is -4.64. The van der Waals surface area contributed by atoms with E-state index in [-0.39, 0.29) is 17.7 Å². The minimum absolute atomic E-state index is 0.113. The van der Waals surface area contributed by atoms with Gasteiger partial charge in [-0.25, -0.2) is 4.39 Å². The van der Waals surface area contributed by atoms with Gasteiger partial charge < -0.3 is 19.7 Å². The molecule has 0 radical (unpaired) electrons. The van der Waals surface area contributed by atoms with E-state index >= 15 is 0 Å². The summed E-state index contributed by atoms with van der Waals surface area (Å²) in [6.07, 6.45) is -2.77. The van der Waals surface area contributed by atoms with Gasteiger partial charge in [0.15, 0.2) is 23.4 Å². The van der Waals surface area contributed by atoms with Gasteiger partial charge in [-0.3, -0.25) is 4.79 Å². The third-order valence-corrected chi connectivity index (χ3v) is 6.04. The van der Waals surface area contributed by atoms with Crippen LogP contribution in [0.3, 0.4) is 0 Å². The van der Waals surface area contributed by atoms with Crippen LogP contribution in [0.25, 0.3) is 10.9 Å². The molecule has 1 N–H and O–H groups in total. The summed E-state index contributed by atoms with van der Waals surface area (Å²) in [5.41, 5.74) is -1.78. The smallest absolute Gasteiger partial charge is 0.417 e. The number of fused-ring (bicyclic) bond motifs is 1. The van der Waals surface area contributed by atoms with Gasteiger partial charge in [0.2, 0.25) is 0 Å². The number of hydrogen-bond donors (Lipinski definition) is 1. The summed E-state index contributed by atoms with van der Waals surface area (Å²) in [6, 6.07) is 6.35. The topological polar surface area (TPSA) is 78.3 Å². The molecule has 3 atom stereocenters. The molecule has 0 aliphatic carbocycles. The third kappa shape index (κ3) is 3.79. The summed E-state index contributed by atoms with van der Waals surface area (Å²) < 4.78 is 66.2. The average molecular weight is 452 g/mol. The maximum absolute atomic E-state index is 13.8. The fourth-order valence-corrected chi connectivity index (χ4v) is 4.23. The minimum Gasteiger partial charge on any atom is -0.619 e. The second kappa shape index (κ2) is 7.77. The Morgan fingerprint density at radius 2 is 2.00 bits per heavy atom. The Bertz CT molecular complexity index is 1230. The fourth-order valence-electron chi connectivity index (χ4n) is 4.23. The van der Waals surface area contributed by atoms with Crippen molar-refractivity contribution in [2.75, 3.05) is 13.7 Å². The lowest BCUT2D eigenvalue weighted by Gasteiger charge is -2.44. The van der Waals surface area contributed by atoms with Crippen molar-refractivity contribution in [3.05, 3.63) is 75.2 Å². The maximum Gasteiger partial charge on any atom is 0.417 e. The van der Waals surface area contributed by atoms with E-state index in [1.54, 1.807) is 0 Å². The Hall–Kier alpha value is -3.14. The number of ether oxygens (including phenoxy) is 2. The van der Waals surface area contributed by atoms with Crippen LogP contribution in [0.5, 0.6) is 5.75 Å². The highest BCUT2D eigenvalue weighted by Gasteiger charge is 2.57. The summed E-state index contributed by atoms with van der Waals surface area (Å²) in [7, 11) is 1.31. The number of alkyl halides is 3. The highest BCUT2D eigenvalue weighted by atomic mass is 19.4. The normalized spacial score (nSPS) is 23.9. The van der Waals surface area contributed by atoms with Gasteiger partial charge in [-0.2, -0.15) is 17.9 Å². The molecular formula is C22H20F4N2O4. The van der Waals surface area contributed by atoms with Crippen LogP contribution < -0.4 is 14.9 Å². The number of pyridine rings is 2. The molecule has 1 aromatic carbocycles. The van der Waals surface area contributed by atoms with E-state index in [0.717, 1.165) is 25.3 Å². The highest BCUT2D eigenvalue weighted by Crippen LogP contribution is 2.51. The lowest BCUT2D eigenvalue weighted by Crippen LogP contribution is -2.50. The van der Waals surface area contributed by atoms with Crippen LogP contribution in [0.1, 0.15) is 36.4 Å². The van der Waals surface area contributed by atoms with E-state index in [1.807, 2.05) is 0 Å². The van der Waals surface area contributed by atoms with E-state index in [1.165, 1.54) is 31.5 Å². The van der Waals surface area contributed by atoms with Crippen molar-refractivity contribution >= 4 is 10.9 Å². The zero-order valence-electron chi connectivity index (χ0n) is 17.2. The summed E-state index contributed by atoms with van der Waals surface area (Å²) in [6.45, 7) is 0.638. The van der Waals surface area contributed by atoms with E-state index in [2.05, 4.69) is 4.98 Å². The Balaban J connectivity index is 1.86. The molecule has 4 rings (SSSR count). The molecule has 170 valence electrons. The first-order valence-electron chi connectivity index (χ1n) is 9.82. The summed E-state index contributed by atoms with van der Waals surface area (Å²) in [5, 5.41) is 11.7. The molecule has 3 aromatic rings. The van der Waals surface area contributed by atoms with Crippen LogP contribution in [0.4, 0.5) is 17.6 Å². The Morgan fingerprint density at radius 1 is 1.25 bits per heavy atom. The van der Waals surface area contributed by atoms with Crippen molar-refractivity contribution in [1.29, 1.82) is 0 Å². The number of H-pyrrole nitrogens is 1. The van der Waals surface area contributed by atoms with Gasteiger partial charge in [0.05, 0.1) is 19.2 Å². The van der Waals surface area contributed by atoms with E-state index in [0.29, 0.717) is 21.5 Å². The molecule has 2 aromatic heterocycles. The van der Waals surface area contributed by atoms with Gasteiger partial charge in [0, 0.05) is 35.7 Å². The third-order valence-electron chi connectivity index (χ3n) is 6.04. The number of aromatic amines is 1. The molecule has 1 aliphatic heterocycles. The number of nitrogens with zero attached hydrogens (tertiary/aromatic N) is 1. The van der Waals surface area contributed by atoms with Gasteiger partial charge >= 0.3 is 6.18 Å². The molecule has 1 fully saturated rings. The van der Waals surface area contributed by atoms with Crippen LogP contribution in [0, 0.1) is 11.0 Å². The van der Waals surface area contributed by atoms with Crippen LogP contribution in [-0.4, -0.2) is 30.5 Å². The van der Waals surface area contributed by atoms with Gasteiger partial charge in [0.25, 0.3) is 0 Å². The summed E-state index contributed by atoms with van der Waals surface area (Å²) in [5.74, 6) is -1.95. The van der Waals surface area contributed by atoms with Crippen molar-refractivity contribution in [2.24, 2.45) is 0 Å². The lowest BCUT2D eigenvalue weighted by atomic mass is 9.74. The molecule has 0 saturated carbocycles. The number of nitrogens with one attached hydrogen (secondary N) is 1. The van der Waals surface area contributed by atoms with Crippen LogP contribution >= 0.6 is 0 Å². The molecule has 6 nitrogen and oxygen atoms in total. The second-order valence-corrected chi connectivity index (χ2v) is 8.06. The average Bonchev–Trinajstić information content (AvgIpc) is 2.73. The molecule has 0 spiro atoms. The first kappa shape index (κ1) is 22.1. The number of hydrogen-bond acceptors (Lipinski definition) is 4. The molecule has 10 heteroatoms. The fraction of sp³-hybridized carbons (Fsp3) is 0.364. The second-order valence-electron chi connectivity index (χ2n) is 8.06. The van der Waals surface area contributed by atoms with Crippen molar-refractivity contribution in [2.45, 2.75) is 37.0 Å². The Morgan fingerprint density at radius 3 is 2.69 bits per heavy atom. The van der Waals surface area contributed by atoms with Crippen molar-refractivity contribution < 1.29 is 31.8 Å². The van der Waals surface area contributed by atoms with E-state index in [9.17, 15) is 27.6 Å². The lowest BCUT2D eigenvalue weighted by molar-refractivity contribution is -0.603.